The molecular formula is C19H27N3O2S. The third-order valence-corrected chi connectivity index (χ3v) is 3.71. The molecule has 2 N–H and O–H groups in total. The molecule has 6 heteroatoms. The summed E-state index contributed by atoms with van der Waals surface area (Å²) in [4.78, 5) is 17.6. The standard InChI is InChI=1S/C19H27N3O2S/c1-18(2,3)21-15(23)11-12(17(25)22-19(4,5)6)16-20-13-9-7-8-10-14(13)24-16/h7-10,12H,11H2,1-6H3,(H,21,23)(H,22,25). The number of hydrogen-bond donors (Lipinski definition) is 2. The first-order valence-electron chi connectivity index (χ1n) is 8.43. The average Bonchev–Trinajstić information content (AvgIpc) is 2.84. The molecule has 0 spiro atoms. The molecule has 25 heavy (non-hydrogen) atoms. The Balaban J connectivity index is 2.31. The van der Waals surface area contributed by atoms with Gasteiger partial charge in [0.1, 0.15) is 5.52 Å². The Morgan fingerprint density at radius 3 is 2.28 bits per heavy atom. The maximum Gasteiger partial charge on any atom is 0.221 e. The van der Waals surface area contributed by atoms with Gasteiger partial charge in [0, 0.05) is 17.5 Å². The lowest BCUT2D eigenvalue weighted by Gasteiger charge is -2.27. The quantitative estimate of drug-likeness (QED) is 0.808. The molecule has 2 rings (SSSR count). The first kappa shape index (κ1) is 19.4. The minimum Gasteiger partial charge on any atom is -0.440 e. The molecular weight excluding hydrogens is 334 g/mol. The number of carbonyl (C=O) groups excluding carboxylic acids is 1. The van der Waals surface area contributed by atoms with Crippen LogP contribution in [0.4, 0.5) is 0 Å². The number of aromatic nitrogens is 1. The lowest BCUT2D eigenvalue weighted by atomic mass is 10.0. The molecule has 0 saturated carbocycles. The molecule has 1 atom stereocenters. The molecule has 0 aliphatic heterocycles. The van der Waals surface area contributed by atoms with Crippen LogP contribution >= 0.6 is 12.2 Å². The SMILES string of the molecule is CC(C)(C)NC(=O)CC(C(=S)NC(C)(C)C)c1nc2ccccc2o1. The van der Waals surface area contributed by atoms with E-state index >= 15 is 0 Å². The van der Waals surface area contributed by atoms with E-state index in [0.717, 1.165) is 5.52 Å². The van der Waals surface area contributed by atoms with E-state index in [1.165, 1.54) is 0 Å². The predicted octanol–water partition coefficient (Wildman–Crippen LogP) is 3.93. The van der Waals surface area contributed by atoms with Crippen molar-refractivity contribution in [2.45, 2.75) is 65.0 Å². The molecule has 0 radical (unpaired) electrons. The predicted molar refractivity (Wildman–Crippen MR) is 105 cm³/mol. The minimum atomic E-state index is -0.413. The van der Waals surface area contributed by atoms with E-state index in [2.05, 4.69) is 15.6 Å². The highest BCUT2D eigenvalue weighted by Gasteiger charge is 2.29. The summed E-state index contributed by atoms with van der Waals surface area (Å²) in [7, 11) is 0. The lowest BCUT2D eigenvalue weighted by Crippen LogP contribution is -2.45. The van der Waals surface area contributed by atoms with Crippen LogP contribution in [-0.2, 0) is 4.79 Å². The van der Waals surface area contributed by atoms with Crippen LogP contribution in [0.15, 0.2) is 28.7 Å². The van der Waals surface area contributed by atoms with Gasteiger partial charge in [-0.05, 0) is 53.7 Å². The Hall–Kier alpha value is -1.95. The highest BCUT2D eigenvalue weighted by Crippen LogP contribution is 2.26. The Kier molecular flexibility index (Phi) is 5.52. The maximum atomic E-state index is 12.5. The van der Waals surface area contributed by atoms with Crippen LogP contribution in [0, 0.1) is 0 Å². The van der Waals surface area contributed by atoms with Crippen molar-refractivity contribution in [1.82, 2.24) is 15.6 Å². The van der Waals surface area contributed by atoms with E-state index < -0.39 is 5.92 Å². The molecule has 136 valence electrons. The molecule has 1 heterocycles. The first-order valence-corrected chi connectivity index (χ1v) is 8.84. The average molecular weight is 362 g/mol. The fourth-order valence-electron chi connectivity index (χ4n) is 2.44. The summed E-state index contributed by atoms with van der Waals surface area (Å²) in [5, 5.41) is 6.26. The van der Waals surface area contributed by atoms with Gasteiger partial charge in [0.15, 0.2) is 5.58 Å². The second kappa shape index (κ2) is 7.12. The van der Waals surface area contributed by atoms with Gasteiger partial charge in [-0.15, -0.1) is 0 Å². The molecule has 0 aliphatic carbocycles. The van der Waals surface area contributed by atoms with E-state index in [1.54, 1.807) is 0 Å². The summed E-state index contributed by atoms with van der Waals surface area (Å²) < 4.78 is 5.88. The number of thiocarbonyl (C=S) groups is 1. The molecule has 0 saturated heterocycles. The third-order valence-electron chi connectivity index (χ3n) is 3.33. The largest absolute Gasteiger partial charge is 0.440 e. The van der Waals surface area contributed by atoms with Gasteiger partial charge < -0.3 is 15.1 Å². The number of carbonyl (C=O) groups is 1. The van der Waals surface area contributed by atoms with Gasteiger partial charge in [-0.25, -0.2) is 4.98 Å². The zero-order valence-corrected chi connectivity index (χ0v) is 16.6. The Morgan fingerprint density at radius 1 is 1.12 bits per heavy atom. The van der Waals surface area contributed by atoms with Crippen molar-refractivity contribution < 1.29 is 9.21 Å². The van der Waals surface area contributed by atoms with Crippen molar-refractivity contribution in [3.05, 3.63) is 30.2 Å². The van der Waals surface area contributed by atoms with Crippen molar-refractivity contribution in [1.29, 1.82) is 0 Å². The number of benzene rings is 1. The minimum absolute atomic E-state index is 0.0854. The summed E-state index contributed by atoms with van der Waals surface area (Å²) in [5.74, 6) is -0.0335. The molecule has 1 unspecified atom stereocenters. The second-order valence-electron chi connectivity index (χ2n) is 8.31. The van der Waals surface area contributed by atoms with E-state index in [0.29, 0.717) is 16.5 Å². The van der Waals surface area contributed by atoms with Gasteiger partial charge in [-0.1, -0.05) is 24.4 Å². The number of para-hydroxylation sites is 2. The number of amides is 1. The van der Waals surface area contributed by atoms with Crippen LogP contribution in [-0.4, -0.2) is 27.0 Å². The first-order chi connectivity index (χ1) is 11.4. The molecule has 0 fully saturated rings. The second-order valence-corrected chi connectivity index (χ2v) is 8.75. The Labute approximate surface area is 154 Å². The van der Waals surface area contributed by atoms with Crippen molar-refractivity contribution in [3.8, 4) is 0 Å². The molecule has 5 nitrogen and oxygen atoms in total. The Bertz CT molecular complexity index is 736. The fraction of sp³-hybridized carbons (Fsp3) is 0.526. The van der Waals surface area contributed by atoms with Gasteiger partial charge in [0.05, 0.1) is 10.9 Å². The number of nitrogens with one attached hydrogen (secondary N) is 2. The molecule has 2 aromatic rings. The molecule has 1 aromatic carbocycles. The van der Waals surface area contributed by atoms with E-state index in [1.807, 2.05) is 65.8 Å². The van der Waals surface area contributed by atoms with E-state index in [9.17, 15) is 4.79 Å². The monoisotopic (exact) mass is 361 g/mol. The highest BCUT2D eigenvalue weighted by molar-refractivity contribution is 7.80. The summed E-state index contributed by atoms with van der Waals surface area (Å²) in [6, 6.07) is 7.54. The van der Waals surface area contributed by atoms with Gasteiger partial charge in [-0.3, -0.25) is 4.79 Å². The number of oxazole rings is 1. The van der Waals surface area contributed by atoms with Crippen molar-refractivity contribution in [3.63, 3.8) is 0 Å². The summed E-state index contributed by atoms with van der Waals surface area (Å²) in [6.45, 7) is 11.9. The third kappa shape index (κ3) is 5.81. The van der Waals surface area contributed by atoms with Crippen LogP contribution in [0.1, 0.15) is 59.8 Å². The van der Waals surface area contributed by atoms with Crippen LogP contribution < -0.4 is 10.6 Å². The Morgan fingerprint density at radius 2 is 1.72 bits per heavy atom. The van der Waals surface area contributed by atoms with Crippen LogP contribution in [0.5, 0.6) is 0 Å². The molecule has 1 aromatic heterocycles. The molecule has 0 bridgehead atoms. The van der Waals surface area contributed by atoms with Crippen molar-refractivity contribution in [2.75, 3.05) is 0 Å². The van der Waals surface area contributed by atoms with Crippen molar-refractivity contribution >= 4 is 34.2 Å². The molecule has 0 aliphatic rings. The normalized spacial score (nSPS) is 13.5. The van der Waals surface area contributed by atoms with Gasteiger partial charge in [0.25, 0.3) is 0 Å². The number of hydrogen-bond acceptors (Lipinski definition) is 4. The summed E-state index contributed by atoms with van der Waals surface area (Å²) >= 11 is 5.58. The van der Waals surface area contributed by atoms with Crippen LogP contribution in [0.25, 0.3) is 11.1 Å². The number of fused-ring (bicyclic) bond motifs is 1. The zero-order valence-electron chi connectivity index (χ0n) is 15.8. The zero-order chi connectivity index (χ0) is 18.8. The van der Waals surface area contributed by atoms with E-state index in [4.69, 9.17) is 16.6 Å². The van der Waals surface area contributed by atoms with Gasteiger partial charge >= 0.3 is 0 Å². The smallest absolute Gasteiger partial charge is 0.221 e. The van der Waals surface area contributed by atoms with Crippen molar-refractivity contribution in [2.24, 2.45) is 0 Å². The summed E-state index contributed by atoms with van der Waals surface area (Å²) in [5.41, 5.74) is 0.943. The fourth-order valence-corrected chi connectivity index (χ4v) is 2.93. The highest BCUT2D eigenvalue weighted by atomic mass is 32.1. The molecule has 1 amide bonds. The lowest BCUT2D eigenvalue weighted by molar-refractivity contribution is -0.122. The number of rotatable bonds is 4. The van der Waals surface area contributed by atoms with Crippen LogP contribution in [0.2, 0.25) is 0 Å². The maximum absolute atomic E-state index is 12.5. The van der Waals surface area contributed by atoms with Gasteiger partial charge in [0.2, 0.25) is 11.8 Å². The van der Waals surface area contributed by atoms with E-state index in [-0.39, 0.29) is 23.4 Å². The topological polar surface area (TPSA) is 67.2 Å². The van der Waals surface area contributed by atoms with Crippen LogP contribution in [0.3, 0.4) is 0 Å². The number of nitrogens with zero attached hydrogens (tertiary/aromatic N) is 1. The van der Waals surface area contributed by atoms with Gasteiger partial charge in [-0.2, -0.15) is 0 Å². The summed E-state index contributed by atoms with van der Waals surface area (Å²) in [6.07, 6.45) is 0.187.